The molecule has 17 heavy (non-hydrogen) atoms. The zero-order chi connectivity index (χ0) is 12.4. The van der Waals surface area contributed by atoms with E-state index in [0.717, 1.165) is 4.90 Å². The summed E-state index contributed by atoms with van der Waals surface area (Å²) < 4.78 is 0. The Balaban J connectivity index is 2.45. The lowest BCUT2D eigenvalue weighted by molar-refractivity contribution is -0.137. The van der Waals surface area contributed by atoms with E-state index in [-0.39, 0.29) is 12.1 Å². The van der Waals surface area contributed by atoms with Gasteiger partial charge in [-0.1, -0.05) is 36.4 Å². The van der Waals surface area contributed by atoms with Crippen LogP contribution in [0.1, 0.15) is 5.56 Å². The van der Waals surface area contributed by atoms with Gasteiger partial charge >= 0.3 is 0 Å². The van der Waals surface area contributed by atoms with Crippen molar-refractivity contribution in [1.82, 2.24) is 4.90 Å². The first-order chi connectivity index (χ1) is 8.16. The van der Waals surface area contributed by atoms with E-state index in [9.17, 15) is 14.7 Å². The first kappa shape index (κ1) is 11.1. The molecule has 0 spiro atoms. The van der Waals surface area contributed by atoms with E-state index in [2.05, 4.69) is 6.58 Å². The third-order valence-corrected chi connectivity index (χ3v) is 2.52. The Hall–Kier alpha value is -2.36. The number of amides is 2. The first-order valence-electron chi connectivity index (χ1n) is 5.12. The molecule has 1 aromatic rings. The minimum Gasteiger partial charge on any atom is -0.502 e. The molecule has 1 N–H and O–H groups in total. The maximum Gasteiger partial charge on any atom is 0.296 e. The van der Waals surface area contributed by atoms with Crippen LogP contribution in [0, 0.1) is 0 Å². The van der Waals surface area contributed by atoms with Crippen molar-refractivity contribution < 1.29 is 14.7 Å². The molecule has 1 heterocycles. The second kappa shape index (κ2) is 4.25. The van der Waals surface area contributed by atoms with Crippen LogP contribution in [0.15, 0.2) is 48.7 Å². The van der Waals surface area contributed by atoms with Crippen LogP contribution >= 0.6 is 0 Å². The predicted molar refractivity (Wildman–Crippen MR) is 62.9 cm³/mol. The topological polar surface area (TPSA) is 57.6 Å². The molecule has 0 fully saturated rings. The van der Waals surface area contributed by atoms with Gasteiger partial charge in [-0.2, -0.15) is 0 Å². The Morgan fingerprint density at radius 3 is 2.41 bits per heavy atom. The molecule has 1 aromatic carbocycles. The van der Waals surface area contributed by atoms with Crippen molar-refractivity contribution in [3.8, 4) is 0 Å². The second-order valence-electron chi connectivity index (χ2n) is 3.60. The van der Waals surface area contributed by atoms with E-state index in [1.165, 1.54) is 6.08 Å². The number of nitrogens with zero attached hydrogens (tertiary/aromatic N) is 1. The quantitative estimate of drug-likeness (QED) is 0.631. The Labute approximate surface area is 98.5 Å². The first-order valence-corrected chi connectivity index (χ1v) is 5.12. The van der Waals surface area contributed by atoms with E-state index in [1.54, 1.807) is 30.3 Å². The SMILES string of the molecule is C=CCN1C(=O)C(O)=C(c2ccccc2)C1=O. The second-order valence-corrected chi connectivity index (χ2v) is 3.60. The van der Waals surface area contributed by atoms with Crippen LogP contribution in [-0.2, 0) is 9.59 Å². The average molecular weight is 229 g/mol. The van der Waals surface area contributed by atoms with Crippen LogP contribution in [0.5, 0.6) is 0 Å². The van der Waals surface area contributed by atoms with Gasteiger partial charge in [-0.15, -0.1) is 6.58 Å². The zero-order valence-corrected chi connectivity index (χ0v) is 9.09. The van der Waals surface area contributed by atoms with Gasteiger partial charge in [0, 0.05) is 6.54 Å². The Bertz CT molecular complexity index is 517. The molecule has 1 aliphatic heterocycles. The lowest BCUT2D eigenvalue weighted by Gasteiger charge is -2.10. The van der Waals surface area contributed by atoms with Gasteiger partial charge in [0.15, 0.2) is 5.76 Å². The summed E-state index contributed by atoms with van der Waals surface area (Å²) in [6, 6.07) is 8.62. The summed E-state index contributed by atoms with van der Waals surface area (Å²) in [6.07, 6.45) is 1.44. The molecule has 0 unspecified atom stereocenters. The highest BCUT2D eigenvalue weighted by molar-refractivity contribution is 6.34. The standard InChI is InChI=1S/C13H11NO3/c1-2-8-14-12(16)10(11(15)13(14)17)9-6-4-3-5-7-9/h2-7,15H,1,8H2. The monoisotopic (exact) mass is 229 g/mol. The fourth-order valence-corrected chi connectivity index (χ4v) is 1.72. The van der Waals surface area contributed by atoms with Gasteiger partial charge in [-0.05, 0) is 5.56 Å². The normalized spacial score (nSPS) is 15.6. The van der Waals surface area contributed by atoms with Crippen molar-refractivity contribution in [2.75, 3.05) is 6.54 Å². The van der Waals surface area contributed by atoms with Crippen molar-refractivity contribution in [1.29, 1.82) is 0 Å². The van der Waals surface area contributed by atoms with Crippen molar-refractivity contribution in [2.45, 2.75) is 0 Å². The number of carbonyl (C=O) groups excluding carboxylic acids is 2. The van der Waals surface area contributed by atoms with E-state index in [4.69, 9.17) is 0 Å². The number of imide groups is 1. The molecule has 0 saturated heterocycles. The van der Waals surface area contributed by atoms with Crippen LogP contribution < -0.4 is 0 Å². The highest BCUT2D eigenvalue weighted by Gasteiger charge is 2.38. The Kier molecular flexibility index (Phi) is 2.78. The molecule has 0 aromatic heterocycles. The maximum atomic E-state index is 12.0. The van der Waals surface area contributed by atoms with Crippen LogP contribution in [0.3, 0.4) is 0 Å². The molecule has 4 nitrogen and oxygen atoms in total. The summed E-state index contributed by atoms with van der Waals surface area (Å²) in [5.74, 6) is -1.66. The average Bonchev–Trinajstić information content (AvgIpc) is 2.55. The summed E-state index contributed by atoms with van der Waals surface area (Å²) in [7, 11) is 0. The number of carbonyl (C=O) groups is 2. The van der Waals surface area contributed by atoms with Gasteiger partial charge in [0.05, 0.1) is 5.57 Å². The molecule has 1 aliphatic rings. The van der Waals surface area contributed by atoms with Crippen molar-refractivity contribution in [3.63, 3.8) is 0 Å². The van der Waals surface area contributed by atoms with Crippen molar-refractivity contribution in [2.24, 2.45) is 0 Å². The highest BCUT2D eigenvalue weighted by Crippen LogP contribution is 2.27. The number of rotatable bonds is 3. The van der Waals surface area contributed by atoms with Crippen LogP contribution in [0.25, 0.3) is 5.57 Å². The van der Waals surface area contributed by atoms with Crippen molar-refractivity contribution in [3.05, 3.63) is 54.3 Å². The summed E-state index contributed by atoms with van der Waals surface area (Å²) in [5, 5.41) is 9.71. The van der Waals surface area contributed by atoms with Gasteiger partial charge in [0.2, 0.25) is 0 Å². The van der Waals surface area contributed by atoms with Crippen LogP contribution in [-0.4, -0.2) is 28.4 Å². The van der Waals surface area contributed by atoms with Gasteiger partial charge < -0.3 is 5.11 Å². The molecule has 2 amide bonds. The highest BCUT2D eigenvalue weighted by atomic mass is 16.3. The molecule has 0 atom stereocenters. The molecule has 0 bridgehead atoms. The van der Waals surface area contributed by atoms with E-state index < -0.39 is 17.6 Å². The van der Waals surface area contributed by atoms with Crippen LogP contribution in [0.2, 0.25) is 0 Å². The number of benzene rings is 1. The Morgan fingerprint density at radius 1 is 1.18 bits per heavy atom. The van der Waals surface area contributed by atoms with Gasteiger partial charge in [-0.25, -0.2) is 0 Å². The summed E-state index contributed by atoms with van der Waals surface area (Å²) in [4.78, 5) is 24.6. The lowest BCUT2D eigenvalue weighted by Crippen LogP contribution is -2.31. The molecule has 4 heteroatoms. The maximum absolute atomic E-state index is 12.0. The smallest absolute Gasteiger partial charge is 0.296 e. The molecule has 2 rings (SSSR count). The van der Waals surface area contributed by atoms with Gasteiger partial charge in [0.25, 0.3) is 11.8 Å². The van der Waals surface area contributed by atoms with Crippen LogP contribution in [0.4, 0.5) is 0 Å². The third kappa shape index (κ3) is 1.73. The largest absolute Gasteiger partial charge is 0.502 e. The van der Waals surface area contributed by atoms with Gasteiger partial charge in [0.1, 0.15) is 0 Å². The molecular weight excluding hydrogens is 218 g/mol. The summed E-state index contributed by atoms with van der Waals surface area (Å²) in [5.41, 5.74) is 0.590. The molecule has 86 valence electrons. The summed E-state index contributed by atoms with van der Waals surface area (Å²) in [6.45, 7) is 3.56. The minimum absolute atomic E-state index is 0.0532. The number of hydrogen-bond acceptors (Lipinski definition) is 3. The van der Waals surface area contributed by atoms with E-state index in [1.807, 2.05) is 0 Å². The van der Waals surface area contributed by atoms with Crippen molar-refractivity contribution >= 4 is 17.4 Å². The number of aliphatic hydroxyl groups is 1. The van der Waals surface area contributed by atoms with E-state index in [0.29, 0.717) is 5.56 Å². The fraction of sp³-hybridized carbons (Fsp3) is 0.0769. The molecule has 0 radical (unpaired) electrons. The lowest BCUT2D eigenvalue weighted by atomic mass is 10.1. The van der Waals surface area contributed by atoms with E-state index >= 15 is 0 Å². The number of hydrogen-bond donors (Lipinski definition) is 1. The van der Waals surface area contributed by atoms with Gasteiger partial charge in [-0.3, -0.25) is 14.5 Å². The summed E-state index contributed by atoms with van der Waals surface area (Å²) >= 11 is 0. The molecule has 0 saturated carbocycles. The fourth-order valence-electron chi connectivity index (χ4n) is 1.72. The molecule has 0 aliphatic carbocycles. The molecular formula is C13H11NO3. The minimum atomic E-state index is -0.672. The zero-order valence-electron chi connectivity index (χ0n) is 9.09. The Morgan fingerprint density at radius 2 is 1.82 bits per heavy atom. The third-order valence-electron chi connectivity index (χ3n) is 2.52. The predicted octanol–water partition coefficient (Wildman–Crippen LogP) is 1.51. The number of aliphatic hydroxyl groups excluding tert-OH is 1.